The highest BCUT2D eigenvalue weighted by Crippen LogP contribution is 2.40. The van der Waals surface area contributed by atoms with Gasteiger partial charge in [0.2, 0.25) is 5.91 Å². The minimum atomic E-state index is 0.0309. The zero-order chi connectivity index (χ0) is 17.9. The van der Waals surface area contributed by atoms with Crippen LogP contribution in [0.15, 0.2) is 41.7 Å². The number of carbonyl (C=O) groups is 1. The van der Waals surface area contributed by atoms with E-state index in [1.54, 1.807) is 17.7 Å². The van der Waals surface area contributed by atoms with Crippen LogP contribution in [0, 0.1) is 5.92 Å². The number of aryl methyl sites for hydroxylation is 1. The molecule has 4 nitrogen and oxygen atoms in total. The summed E-state index contributed by atoms with van der Waals surface area (Å²) in [6.07, 6.45) is 5.07. The predicted octanol–water partition coefficient (Wildman–Crippen LogP) is 4.22. The van der Waals surface area contributed by atoms with Gasteiger partial charge in [-0.3, -0.25) is 4.79 Å². The van der Waals surface area contributed by atoms with Crippen molar-refractivity contribution in [2.75, 3.05) is 5.75 Å². The Balaban J connectivity index is 1.45. The minimum Gasteiger partial charge on any atom is -0.351 e. The van der Waals surface area contributed by atoms with Crippen LogP contribution in [0.4, 0.5) is 0 Å². The molecule has 1 aromatic carbocycles. The number of hydrogen-bond acceptors (Lipinski definition) is 5. The highest BCUT2D eigenvalue weighted by atomic mass is 32.2. The molecule has 0 bridgehead atoms. The Morgan fingerprint density at radius 2 is 2.15 bits per heavy atom. The third-order valence-electron chi connectivity index (χ3n) is 4.73. The minimum absolute atomic E-state index is 0.0309. The number of nitrogens with zero attached hydrogens (tertiary/aromatic N) is 2. The second kappa shape index (κ2) is 7.76. The number of aromatic nitrogens is 2. The monoisotopic (exact) mass is 383 g/mol. The molecule has 1 aliphatic rings. The Morgan fingerprint density at radius 3 is 3.00 bits per heavy atom. The van der Waals surface area contributed by atoms with Crippen molar-refractivity contribution < 1.29 is 4.79 Å². The Labute approximate surface area is 161 Å². The molecule has 0 spiro atoms. The van der Waals surface area contributed by atoms with Crippen LogP contribution in [0.2, 0.25) is 0 Å². The first-order chi connectivity index (χ1) is 12.7. The Kier molecular flexibility index (Phi) is 5.22. The lowest BCUT2D eigenvalue weighted by atomic mass is 9.89. The van der Waals surface area contributed by atoms with Crippen molar-refractivity contribution in [2.24, 2.45) is 5.92 Å². The predicted molar refractivity (Wildman–Crippen MR) is 108 cm³/mol. The average molecular weight is 384 g/mol. The van der Waals surface area contributed by atoms with Crippen molar-refractivity contribution in [3.05, 3.63) is 52.7 Å². The fourth-order valence-corrected chi connectivity index (χ4v) is 5.61. The maximum absolute atomic E-state index is 12.2. The molecular formula is C20H21N3OS2. The number of amides is 1. The number of carbonyl (C=O) groups excluding carboxylic acids is 1. The lowest BCUT2D eigenvalue weighted by Crippen LogP contribution is -2.24. The van der Waals surface area contributed by atoms with E-state index in [-0.39, 0.29) is 5.91 Å². The van der Waals surface area contributed by atoms with Crippen molar-refractivity contribution in [3.8, 4) is 0 Å². The smallest absolute Gasteiger partial charge is 0.230 e. The maximum Gasteiger partial charge on any atom is 0.230 e. The lowest BCUT2D eigenvalue weighted by molar-refractivity contribution is -0.118. The lowest BCUT2D eigenvalue weighted by Gasteiger charge is -2.18. The molecule has 1 atom stereocenters. The van der Waals surface area contributed by atoms with E-state index >= 15 is 0 Å². The summed E-state index contributed by atoms with van der Waals surface area (Å²) in [5.41, 5.74) is 2.52. The summed E-state index contributed by atoms with van der Waals surface area (Å²) < 4.78 is 0. The molecule has 134 valence electrons. The molecule has 1 amide bonds. The summed E-state index contributed by atoms with van der Waals surface area (Å²) in [6.45, 7) is 2.87. The third-order valence-corrected chi connectivity index (χ3v) is 6.88. The summed E-state index contributed by atoms with van der Waals surface area (Å²) in [5, 5.41) is 5.10. The van der Waals surface area contributed by atoms with Crippen LogP contribution >= 0.6 is 23.1 Å². The zero-order valence-corrected chi connectivity index (χ0v) is 16.3. The van der Waals surface area contributed by atoms with E-state index in [2.05, 4.69) is 22.2 Å². The molecule has 0 aliphatic heterocycles. The zero-order valence-electron chi connectivity index (χ0n) is 14.7. The summed E-state index contributed by atoms with van der Waals surface area (Å²) in [7, 11) is 0. The van der Waals surface area contributed by atoms with E-state index < -0.39 is 0 Å². The highest BCUT2D eigenvalue weighted by Gasteiger charge is 2.23. The van der Waals surface area contributed by atoms with E-state index in [9.17, 15) is 4.79 Å². The first kappa shape index (κ1) is 17.5. The summed E-state index contributed by atoms with van der Waals surface area (Å²) in [5.74, 6) is 1.15. The van der Waals surface area contributed by atoms with Gasteiger partial charge in [-0.25, -0.2) is 9.97 Å². The molecule has 0 radical (unpaired) electrons. The van der Waals surface area contributed by atoms with Crippen molar-refractivity contribution in [1.82, 2.24) is 15.3 Å². The standard InChI is InChI=1S/C20H21N3OS2/c1-13-7-8-15-16(9-13)26-20-18(15)19(22-12-23-20)25-11-17(24)21-10-14-5-3-2-4-6-14/h2-6,12-13H,7-11H2,1H3,(H,21,24)/t13-/m0/s1. The Hall–Kier alpha value is -1.92. The molecule has 6 heteroatoms. The summed E-state index contributed by atoms with van der Waals surface area (Å²) >= 11 is 3.31. The third kappa shape index (κ3) is 3.76. The second-order valence-electron chi connectivity index (χ2n) is 6.76. The fraction of sp³-hybridized carbons (Fsp3) is 0.350. The molecule has 0 fully saturated rings. The van der Waals surface area contributed by atoms with Gasteiger partial charge in [0, 0.05) is 16.8 Å². The first-order valence-electron chi connectivity index (χ1n) is 8.89. The number of hydrogen-bond donors (Lipinski definition) is 1. The normalized spacial score (nSPS) is 16.4. The largest absolute Gasteiger partial charge is 0.351 e. The van der Waals surface area contributed by atoms with Gasteiger partial charge in [0.1, 0.15) is 16.2 Å². The van der Waals surface area contributed by atoms with Crippen molar-refractivity contribution in [3.63, 3.8) is 0 Å². The maximum atomic E-state index is 12.2. The topological polar surface area (TPSA) is 54.9 Å². The van der Waals surface area contributed by atoms with Gasteiger partial charge in [0.25, 0.3) is 0 Å². The number of nitrogens with one attached hydrogen (secondary N) is 1. The molecule has 4 rings (SSSR count). The fourth-order valence-electron chi connectivity index (χ4n) is 3.34. The van der Waals surface area contributed by atoms with Crippen molar-refractivity contribution >= 4 is 39.2 Å². The van der Waals surface area contributed by atoms with Gasteiger partial charge in [-0.1, -0.05) is 49.0 Å². The van der Waals surface area contributed by atoms with E-state index in [1.165, 1.54) is 34.0 Å². The molecule has 2 aromatic heterocycles. The van der Waals surface area contributed by atoms with E-state index in [0.29, 0.717) is 12.3 Å². The number of thioether (sulfide) groups is 1. The van der Waals surface area contributed by atoms with Gasteiger partial charge in [-0.05, 0) is 36.3 Å². The Bertz CT molecular complexity index is 923. The van der Waals surface area contributed by atoms with Crippen molar-refractivity contribution in [2.45, 2.75) is 37.8 Å². The number of rotatable bonds is 5. The van der Waals surface area contributed by atoms with E-state index in [1.807, 2.05) is 30.3 Å². The van der Waals surface area contributed by atoms with Crippen molar-refractivity contribution in [1.29, 1.82) is 0 Å². The van der Waals surface area contributed by atoms with Crippen LogP contribution in [0.1, 0.15) is 29.3 Å². The van der Waals surface area contributed by atoms with Gasteiger partial charge in [-0.15, -0.1) is 11.3 Å². The van der Waals surface area contributed by atoms with Gasteiger partial charge in [-0.2, -0.15) is 0 Å². The molecule has 2 heterocycles. The average Bonchev–Trinajstić information content (AvgIpc) is 3.03. The molecule has 0 unspecified atom stereocenters. The molecule has 26 heavy (non-hydrogen) atoms. The van der Waals surface area contributed by atoms with Crippen LogP contribution in [0.3, 0.4) is 0 Å². The van der Waals surface area contributed by atoms with Gasteiger partial charge in [0.05, 0.1) is 5.75 Å². The van der Waals surface area contributed by atoms with Crippen LogP contribution < -0.4 is 5.32 Å². The van der Waals surface area contributed by atoms with E-state index in [4.69, 9.17) is 0 Å². The number of thiophene rings is 1. The molecule has 1 aliphatic carbocycles. The van der Waals surface area contributed by atoms with E-state index in [0.717, 1.165) is 34.2 Å². The first-order valence-corrected chi connectivity index (χ1v) is 10.7. The van der Waals surface area contributed by atoms with Crippen LogP contribution in [0.5, 0.6) is 0 Å². The SMILES string of the molecule is C[C@H]1CCc2c(sc3ncnc(SCC(=O)NCc4ccccc4)c23)C1. The molecular weight excluding hydrogens is 362 g/mol. The quantitative estimate of drug-likeness (QED) is 0.529. The molecule has 0 saturated heterocycles. The van der Waals surface area contributed by atoms with Gasteiger partial charge < -0.3 is 5.32 Å². The molecule has 3 aromatic rings. The van der Waals surface area contributed by atoms with Gasteiger partial charge >= 0.3 is 0 Å². The summed E-state index contributed by atoms with van der Waals surface area (Å²) in [6, 6.07) is 9.97. The van der Waals surface area contributed by atoms with Crippen LogP contribution in [-0.4, -0.2) is 21.6 Å². The Morgan fingerprint density at radius 1 is 1.31 bits per heavy atom. The number of fused-ring (bicyclic) bond motifs is 3. The number of benzene rings is 1. The van der Waals surface area contributed by atoms with Gasteiger partial charge in [0.15, 0.2) is 0 Å². The molecule has 0 saturated carbocycles. The summed E-state index contributed by atoms with van der Waals surface area (Å²) in [4.78, 5) is 23.7. The molecule has 1 N–H and O–H groups in total. The van der Waals surface area contributed by atoms with Crippen LogP contribution in [0.25, 0.3) is 10.2 Å². The highest BCUT2D eigenvalue weighted by molar-refractivity contribution is 8.00. The second-order valence-corrected chi connectivity index (χ2v) is 8.81. The van der Waals surface area contributed by atoms with Crippen LogP contribution in [-0.2, 0) is 24.2 Å².